The molecule has 3 rings (SSSR count). The molecule has 0 unspecified atom stereocenters. The number of esters is 1. The van der Waals surface area contributed by atoms with Crippen molar-refractivity contribution in [2.45, 2.75) is 70.1 Å². The first-order valence-electron chi connectivity index (χ1n) is 9.15. The molecule has 2 atom stereocenters. The van der Waals surface area contributed by atoms with E-state index in [2.05, 4.69) is 0 Å². The van der Waals surface area contributed by atoms with Crippen LogP contribution in [-0.2, 0) is 14.3 Å². The average molecular weight is 374 g/mol. The second-order valence-electron chi connectivity index (χ2n) is 8.89. The van der Waals surface area contributed by atoms with E-state index in [9.17, 15) is 18.4 Å². The van der Waals surface area contributed by atoms with Gasteiger partial charge in [-0.15, -0.1) is 0 Å². The lowest BCUT2D eigenvalue weighted by atomic mass is 10.00. The summed E-state index contributed by atoms with van der Waals surface area (Å²) < 4.78 is 39.5. The molecule has 2 saturated heterocycles. The Kier molecular flexibility index (Phi) is 4.70. The van der Waals surface area contributed by atoms with Crippen LogP contribution in [0.25, 0.3) is 0 Å². The third-order valence-electron chi connectivity index (χ3n) is 5.55. The number of fused-ring (bicyclic) bond motifs is 1. The Balaban J connectivity index is 1.70. The van der Waals surface area contributed by atoms with Gasteiger partial charge >= 0.3 is 12.1 Å². The molecular formula is C18H28F2N2O4. The predicted octanol–water partition coefficient (Wildman–Crippen LogP) is 2.66. The molecule has 26 heavy (non-hydrogen) atoms. The molecule has 1 aliphatic carbocycles. The zero-order valence-corrected chi connectivity index (χ0v) is 15.9. The molecule has 0 radical (unpaired) electrons. The summed E-state index contributed by atoms with van der Waals surface area (Å²) in [6.45, 7) is 5.50. The molecule has 0 aromatic carbocycles. The number of halogens is 2. The van der Waals surface area contributed by atoms with Gasteiger partial charge in [0.05, 0.1) is 32.2 Å². The van der Waals surface area contributed by atoms with Crippen LogP contribution >= 0.6 is 0 Å². The molecule has 148 valence electrons. The van der Waals surface area contributed by atoms with Crippen LogP contribution in [0.3, 0.4) is 0 Å². The molecule has 2 aliphatic heterocycles. The van der Waals surface area contributed by atoms with Crippen molar-refractivity contribution in [3.05, 3.63) is 0 Å². The SMILES string of the molecule is COC(=O)CC1(CN2CC[C@H]3[C@@H]2C(F)(F)CN3C(=O)OC(C)(C)C)CC1. The van der Waals surface area contributed by atoms with E-state index in [1.165, 1.54) is 12.0 Å². The zero-order valence-electron chi connectivity index (χ0n) is 15.9. The van der Waals surface area contributed by atoms with Gasteiger partial charge in [-0.2, -0.15) is 0 Å². The number of carbonyl (C=O) groups is 2. The number of methoxy groups -OCH3 is 1. The molecule has 0 aromatic heterocycles. The van der Waals surface area contributed by atoms with Crippen molar-refractivity contribution in [3.63, 3.8) is 0 Å². The summed E-state index contributed by atoms with van der Waals surface area (Å²) in [6, 6.07) is -1.56. The Morgan fingerprint density at radius 1 is 1.23 bits per heavy atom. The Labute approximate surface area is 152 Å². The first-order valence-corrected chi connectivity index (χ1v) is 9.15. The monoisotopic (exact) mass is 374 g/mol. The molecule has 3 aliphatic rings. The van der Waals surface area contributed by atoms with Crippen LogP contribution in [0, 0.1) is 5.41 Å². The van der Waals surface area contributed by atoms with Crippen molar-refractivity contribution < 1.29 is 27.8 Å². The van der Waals surface area contributed by atoms with Gasteiger partial charge in [0.25, 0.3) is 5.92 Å². The molecule has 0 bridgehead atoms. The number of hydrogen-bond donors (Lipinski definition) is 0. The van der Waals surface area contributed by atoms with Crippen molar-refractivity contribution in [2.75, 3.05) is 26.7 Å². The van der Waals surface area contributed by atoms with E-state index < -0.39 is 36.2 Å². The summed E-state index contributed by atoms with van der Waals surface area (Å²) in [7, 11) is 1.34. The Bertz CT molecular complexity index is 586. The molecule has 1 saturated carbocycles. The van der Waals surface area contributed by atoms with E-state index in [1.54, 1.807) is 25.7 Å². The zero-order chi connectivity index (χ0) is 19.3. The highest BCUT2D eigenvalue weighted by Gasteiger charge is 2.62. The van der Waals surface area contributed by atoms with Gasteiger partial charge in [-0.05, 0) is 45.4 Å². The van der Waals surface area contributed by atoms with E-state index in [-0.39, 0.29) is 17.8 Å². The van der Waals surface area contributed by atoms with Crippen LogP contribution < -0.4 is 0 Å². The maximum absolute atomic E-state index is 14.7. The lowest BCUT2D eigenvalue weighted by Crippen LogP contribution is -2.47. The topological polar surface area (TPSA) is 59.1 Å². The standard InChI is InChI=1S/C18H28F2N2O4/c1-16(2,3)26-15(24)22-11-18(19,20)14-12(22)5-8-21(14)10-17(6-7-17)9-13(23)25-4/h12,14H,5-11H2,1-4H3/t12-,14+/m0/s1. The Morgan fingerprint density at radius 3 is 2.42 bits per heavy atom. The normalized spacial score (nSPS) is 29.4. The number of rotatable bonds is 4. The van der Waals surface area contributed by atoms with Crippen molar-refractivity contribution in [3.8, 4) is 0 Å². The van der Waals surface area contributed by atoms with Crippen molar-refractivity contribution in [1.29, 1.82) is 0 Å². The smallest absolute Gasteiger partial charge is 0.410 e. The summed E-state index contributed by atoms with van der Waals surface area (Å²) in [4.78, 5) is 26.9. The third-order valence-corrected chi connectivity index (χ3v) is 5.55. The van der Waals surface area contributed by atoms with Crippen LogP contribution in [0.2, 0.25) is 0 Å². The van der Waals surface area contributed by atoms with Gasteiger partial charge in [0.1, 0.15) is 5.60 Å². The lowest BCUT2D eigenvalue weighted by molar-refractivity contribution is -0.142. The highest BCUT2D eigenvalue weighted by atomic mass is 19.3. The van der Waals surface area contributed by atoms with Crippen LogP contribution in [-0.4, -0.2) is 72.2 Å². The molecule has 0 N–H and O–H groups in total. The van der Waals surface area contributed by atoms with Gasteiger partial charge in [-0.3, -0.25) is 14.6 Å². The first kappa shape index (κ1) is 19.3. The molecule has 1 amide bonds. The van der Waals surface area contributed by atoms with Crippen LogP contribution in [0.1, 0.15) is 46.5 Å². The molecule has 0 spiro atoms. The van der Waals surface area contributed by atoms with Crippen LogP contribution in [0.4, 0.5) is 13.6 Å². The number of carbonyl (C=O) groups excluding carboxylic acids is 2. The number of amides is 1. The number of nitrogens with zero attached hydrogens (tertiary/aromatic N) is 2. The van der Waals surface area contributed by atoms with Gasteiger partial charge in [0.2, 0.25) is 0 Å². The molecule has 2 heterocycles. The molecule has 8 heteroatoms. The summed E-state index contributed by atoms with van der Waals surface area (Å²) in [6.07, 6.45) is 1.77. The summed E-state index contributed by atoms with van der Waals surface area (Å²) >= 11 is 0. The van der Waals surface area contributed by atoms with E-state index in [4.69, 9.17) is 9.47 Å². The van der Waals surface area contributed by atoms with Crippen LogP contribution in [0.15, 0.2) is 0 Å². The maximum atomic E-state index is 14.7. The van der Waals surface area contributed by atoms with Crippen molar-refractivity contribution in [2.24, 2.45) is 5.41 Å². The minimum absolute atomic E-state index is 0.253. The Hall–Kier alpha value is -1.44. The van der Waals surface area contributed by atoms with E-state index in [0.717, 1.165) is 12.8 Å². The molecule has 0 aromatic rings. The molecular weight excluding hydrogens is 346 g/mol. The van der Waals surface area contributed by atoms with E-state index >= 15 is 0 Å². The summed E-state index contributed by atoms with van der Waals surface area (Å²) in [5, 5.41) is 0. The summed E-state index contributed by atoms with van der Waals surface area (Å²) in [5.41, 5.74) is -0.973. The quantitative estimate of drug-likeness (QED) is 0.708. The summed E-state index contributed by atoms with van der Waals surface area (Å²) in [5.74, 6) is -3.29. The van der Waals surface area contributed by atoms with Gasteiger partial charge in [0, 0.05) is 13.1 Å². The van der Waals surface area contributed by atoms with Gasteiger partial charge in [-0.1, -0.05) is 0 Å². The second kappa shape index (κ2) is 6.32. The van der Waals surface area contributed by atoms with E-state index in [1.807, 2.05) is 0 Å². The fourth-order valence-corrected chi connectivity index (χ4v) is 4.23. The largest absolute Gasteiger partial charge is 0.469 e. The average Bonchev–Trinajstić information content (AvgIpc) is 3.00. The fourth-order valence-electron chi connectivity index (χ4n) is 4.23. The number of ether oxygens (including phenoxy) is 2. The van der Waals surface area contributed by atoms with E-state index in [0.29, 0.717) is 19.5 Å². The van der Waals surface area contributed by atoms with Crippen molar-refractivity contribution >= 4 is 12.1 Å². The highest BCUT2D eigenvalue weighted by molar-refractivity contribution is 5.71. The maximum Gasteiger partial charge on any atom is 0.410 e. The fraction of sp³-hybridized carbons (Fsp3) is 0.889. The molecule has 6 nitrogen and oxygen atoms in total. The minimum Gasteiger partial charge on any atom is -0.469 e. The van der Waals surface area contributed by atoms with Crippen LogP contribution in [0.5, 0.6) is 0 Å². The first-order chi connectivity index (χ1) is 12.0. The third kappa shape index (κ3) is 3.80. The number of alkyl halides is 2. The predicted molar refractivity (Wildman–Crippen MR) is 90.0 cm³/mol. The van der Waals surface area contributed by atoms with Crippen molar-refractivity contribution in [1.82, 2.24) is 9.80 Å². The van der Waals surface area contributed by atoms with Gasteiger partial charge < -0.3 is 9.47 Å². The minimum atomic E-state index is -2.99. The second-order valence-corrected chi connectivity index (χ2v) is 8.89. The van der Waals surface area contributed by atoms with Gasteiger partial charge in [-0.25, -0.2) is 13.6 Å². The number of likely N-dealkylation sites (tertiary alicyclic amines) is 2. The highest BCUT2D eigenvalue weighted by Crippen LogP contribution is 2.52. The van der Waals surface area contributed by atoms with Gasteiger partial charge in [0.15, 0.2) is 0 Å². The Morgan fingerprint density at radius 2 is 1.88 bits per heavy atom. The molecule has 3 fully saturated rings. The lowest BCUT2D eigenvalue weighted by Gasteiger charge is -2.31. The number of hydrogen-bond acceptors (Lipinski definition) is 5.